The van der Waals surface area contributed by atoms with Crippen LogP contribution in [0.5, 0.6) is 0 Å². The van der Waals surface area contributed by atoms with Gasteiger partial charge >= 0.3 is 0 Å². The lowest BCUT2D eigenvalue weighted by molar-refractivity contribution is 0.164. The predicted octanol–water partition coefficient (Wildman–Crippen LogP) is 9.60. The molecule has 0 fully saturated rings. The molecule has 0 saturated carbocycles. The van der Waals surface area contributed by atoms with E-state index in [1.807, 2.05) is 29.2 Å². The molecule has 2 heterocycles. The average molecular weight is 558 g/mol. The van der Waals surface area contributed by atoms with E-state index in [2.05, 4.69) is 91.9 Å². The third-order valence-corrected chi connectivity index (χ3v) is 12.1. The summed E-state index contributed by atoms with van der Waals surface area (Å²) in [6.07, 6.45) is 0.919. The lowest BCUT2D eigenvalue weighted by Gasteiger charge is -2.30. The maximum atomic E-state index is 10.5. The number of hydrogen-bond acceptors (Lipinski definition) is 6. The summed E-state index contributed by atoms with van der Waals surface area (Å²) in [5.41, 5.74) is 3.44. The summed E-state index contributed by atoms with van der Waals surface area (Å²) in [6, 6.07) is 32.4. The SMILES string of the molecule is CCC(CO)(CSc1nc2ccccc2s1)CSc1ccccc1-c1cccc2c1sc1ccccc12. The van der Waals surface area contributed by atoms with Crippen molar-refractivity contribution in [1.82, 2.24) is 4.98 Å². The van der Waals surface area contributed by atoms with Gasteiger partial charge in [-0.2, -0.15) is 0 Å². The van der Waals surface area contributed by atoms with E-state index < -0.39 is 0 Å². The van der Waals surface area contributed by atoms with Crippen LogP contribution in [0, 0.1) is 5.41 Å². The number of thiazole rings is 1. The Morgan fingerprint density at radius 2 is 1.43 bits per heavy atom. The van der Waals surface area contributed by atoms with Gasteiger partial charge in [0, 0.05) is 47.6 Å². The molecule has 2 nitrogen and oxygen atoms in total. The Hall–Kier alpha value is -2.35. The summed E-state index contributed by atoms with van der Waals surface area (Å²) < 4.78 is 4.96. The summed E-state index contributed by atoms with van der Waals surface area (Å²) in [6.45, 7) is 2.36. The highest BCUT2D eigenvalue weighted by Gasteiger charge is 2.29. The van der Waals surface area contributed by atoms with Crippen LogP contribution >= 0.6 is 46.2 Å². The first-order chi connectivity index (χ1) is 18.2. The molecule has 6 rings (SSSR count). The van der Waals surface area contributed by atoms with Gasteiger partial charge in [-0.15, -0.1) is 34.4 Å². The zero-order valence-electron chi connectivity index (χ0n) is 20.5. The molecule has 2 aromatic heterocycles. The van der Waals surface area contributed by atoms with Gasteiger partial charge in [-0.1, -0.05) is 85.4 Å². The van der Waals surface area contributed by atoms with E-state index in [1.54, 1.807) is 23.1 Å². The van der Waals surface area contributed by atoms with Crippen molar-refractivity contribution >= 4 is 76.6 Å². The van der Waals surface area contributed by atoms with E-state index in [1.165, 1.54) is 40.9 Å². The first kappa shape index (κ1) is 25.0. The van der Waals surface area contributed by atoms with Crippen LogP contribution in [0.2, 0.25) is 0 Å². The second-order valence-electron chi connectivity index (χ2n) is 9.31. The van der Waals surface area contributed by atoms with E-state index in [4.69, 9.17) is 4.98 Å². The minimum absolute atomic E-state index is 0.169. The lowest BCUT2D eigenvalue weighted by atomic mass is 9.91. The van der Waals surface area contributed by atoms with Crippen molar-refractivity contribution in [1.29, 1.82) is 0 Å². The first-order valence-corrected chi connectivity index (χ1v) is 16.0. The highest BCUT2D eigenvalue weighted by atomic mass is 32.2. The number of thioether (sulfide) groups is 2. The minimum Gasteiger partial charge on any atom is -0.396 e. The van der Waals surface area contributed by atoms with Crippen molar-refractivity contribution in [3.05, 3.63) is 91.0 Å². The number of para-hydroxylation sites is 1. The number of hydrogen-bond donors (Lipinski definition) is 1. The van der Waals surface area contributed by atoms with Crippen molar-refractivity contribution in [2.45, 2.75) is 22.6 Å². The van der Waals surface area contributed by atoms with Crippen LogP contribution in [0.1, 0.15) is 13.3 Å². The monoisotopic (exact) mass is 557 g/mol. The Bertz CT molecular complexity index is 1650. The summed E-state index contributed by atoms with van der Waals surface area (Å²) in [7, 11) is 0. The van der Waals surface area contributed by atoms with Crippen molar-refractivity contribution in [3.63, 3.8) is 0 Å². The summed E-state index contributed by atoms with van der Waals surface area (Å²) in [5, 5.41) is 13.2. The minimum atomic E-state index is -0.177. The standard InChI is InChI=1S/C31H27NOS4/c1-2-31(18-33,20-35-30-32-25-14-5-8-17-28(25)37-30)19-34-26-15-6-3-10-21(26)23-12-9-13-24-22-11-4-7-16-27(22)36-29(23)24/h3-17,33H,2,18-20H2,1H3. The number of aliphatic hydroxyl groups excluding tert-OH is 1. The van der Waals surface area contributed by atoms with Gasteiger partial charge in [0.2, 0.25) is 0 Å². The zero-order valence-corrected chi connectivity index (χ0v) is 23.8. The summed E-state index contributed by atoms with van der Waals surface area (Å²) >= 11 is 7.26. The van der Waals surface area contributed by atoms with Gasteiger partial charge in [-0.3, -0.25) is 0 Å². The fourth-order valence-corrected chi connectivity index (χ4v) is 9.68. The van der Waals surface area contributed by atoms with Crippen LogP contribution in [0.3, 0.4) is 0 Å². The van der Waals surface area contributed by atoms with Crippen molar-refractivity contribution < 1.29 is 5.11 Å². The number of nitrogens with zero attached hydrogens (tertiary/aromatic N) is 1. The number of thiophene rings is 1. The molecular weight excluding hydrogens is 531 g/mol. The molecule has 1 N–H and O–H groups in total. The maximum Gasteiger partial charge on any atom is 0.151 e. The normalized spacial score (nSPS) is 13.5. The Balaban J connectivity index is 1.27. The molecular formula is C31H27NOS4. The molecule has 0 spiro atoms. The number of aliphatic hydroxyl groups is 1. The van der Waals surface area contributed by atoms with Crippen molar-refractivity contribution in [2.75, 3.05) is 18.1 Å². The van der Waals surface area contributed by atoms with Gasteiger partial charge in [-0.05, 0) is 36.2 Å². The maximum absolute atomic E-state index is 10.5. The molecule has 0 amide bonds. The van der Waals surface area contributed by atoms with Crippen LogP contribution in [-0.2, 0) is 0 Å². The van der Waals surface area contributed by atoms with E-state index in [0.29, 0.717) is 0 Å². The largest absolute Gasteiger partial charge is 0.396 e. The van der Waals surface area contributed by atoms with Crippen LogP contribution in [0.4, 0.5) is 0 Å². The first-order valence-electron chi connectivity index (χ1n) is 12.4. The quantitative estimate of drug-likeness (QED) is 0.179. The molecule has 0 aliphatic carbocycles. The molecule has 0 saturated heterocycles. The van der Waals surface area contributed by atoms with Gasteiger partial charge in [0.05, 0.1) is 16.8 Å². The smallest absolute Gasteiger partial charge is 0.151 e. The van der Waals surface area contributed by atoms with Gasteiger partial charge in [0.25, 0.3) is 0 Å². The Morgan fingerprint density at radius 3 is 2.27 bits per heavy atom. The van der Waals surface area contributed by atoms with Crippen LogP contribution < -0.4 is 0 Å². The van der Waals surface area contributed by atoms with Gasteiger partial charge < -0.3 is 5.11 Å². The summed E-state index contributed by atoms with van der Waals surface area (Å²) in [5.74, 6) is 1.71. The third-order valence-electron chi connectivity index (χ3n) is 6.98. The topological polar surface area (TPSA) is 33.1 Å². The van der Waals surface area contributed by atoms with Crippen LogP contribution in [0.15, 0.2) is 100 Å². The van der Waals surface area contributed by atoms with E-state index in [-0.39, 0.29) is 12.0 Å². The second kappa shape index (κ2) is 10.8. The number of aromatic nitrogens is 1. The highest BCUT2D eigenvalue weighted by molar-refractivity contribution is 8.01. The predicted molar refractivity (Wildman–Crippen MR) is 166 cm³/mol. The lowest BCUT2D eigenvalue weighted by Crippen LogP contribution is -2.30. The molecule has 37 heavy (non-hydrogen) atoms. The number of rotatable bonds is 9. The van der Waals surface area contributed by atoms with E-state index >= 15 is 0 Å². The fraction of sp³-hybridized carbons (Fsp3) is 0.194. The van der Waals surface area contributed by atoms with Gasteiger partial charge in [0.1, 0.15) is 0 Å². The molecule has 6 heteroatoms. The molecule has 1 atom stereocenters. The Kier molecular flexibility index (Phi) is 7.28. The van der Waals surface area contributed by atoms with Crippen molar-refractivity contribution in [3.8, 4) is 11.1 Å². The molecule has 186 valence electrons. The fourth-order valence-electron chi connectivity index (χ4n) is 4.58. The van der Waals surface area contributed by atoms with Gasteiger partial charge in [-0.25, -0.2) is 4.98 Å². The number of fused-ring (bicyclic) bond motifs is 4. The molecule has 1 unspecified atom stereocenters. The van der Waals surface area contributed by atoms with Gasteiger partial charge in [0.15, 0.2) is 4.34 Å². The second-order valence-corrected chi connectivity index (χ2v) is 13.6. The highest BCUT2D eigenvalue weighted by Crippen LogP contribution is 2.44. The number of benzene rings is 4. The van der Waals surface area contributed by atoms with E-state index in [9.17, 15) is 5.11 Å². The van der Waals surface area contributed by atoms with Crippen LogP contribution in [-0.4, -0.2) is 28.2 Å². The molecule has 0 radical (unpaired) electrons. The molecule has 0 aliphatic heterocycles. The third kappa shape index (κ3) is 4.93. The molecule has 4 aromatic carbocycles. The Labute approximate surface area is 233 Å². The Morgan fingerprint density at radius 1 is 0.730 bits per heavy atom. The average Bonchev–Trinajstić information content (AvgIpc) is 3.55. The molecule has 0 bridgehead atoms. The van der Waals surface area contributed by atoms with Crippen LogP contribution in [0.25, 0.3) is 41.5 Å². The zero-order chi connectivity index (χ0) is 25.2. The summed E-state index contributed by atoms with van der Waals surface area (Å²) in [4.78, 5) is 6.06. The van der Waals surface area contributed by atoms with Crippen molar-refractivity contribution in [2.24, 2.45) is 5.41 Å². The molecule has 0 aliphatic rings. The molecule has 6 aromatic rings. The van der Waals surface area contributed by atoms with E-state index in [0.717, 1.165) is 27.8 Å².